The number of fused-ring (bicyclic) bond motifs is 1. The van der Waals surface area contributed by atoms with E-state index in [4.69, 9.17) is 9.47 Å². The lowest BCUT2D eigenvalue weighted by molar-refractivity contribution is -0.121. The molecule has 2 fully saturated rings. The number of urea groups is 1. The molecule has 0 radical (unpaired) electrons. The van der Waals surface area contributed by atoms with E-state index in [-0.39, 0.29) is 24.0 Å². The van der Waals surface area contributed by atoms with Gasteiger partial charge in [-0.1, -0.05) is 6.42 Å². The zero-order valence-electron chi connectivity index (χ0n) is 13.6. The third-order valence-corrected chi connectivity index (χ3v) is 5.59. The van der Waals surface area contributed by atoms with Crippen LogP contribution in [0.5, 0.6) is 0 Å². The lowest BCUT2D eigenvalue weighted by Gasteiger charge is -2.16. The first kappa shape index (κ1) is 18.4. The van der Waals surface area contributed by atoms with E-state index in [9.17, 15) is 9.59 Å². The predicted molar refractivity (Wildman–Crippen MR) is 89.7 cm³/mol. The number of hydrogen-bond donors (Lipinski definition) is 3. The van der Waals surface area contributed by atoms with Gasteiger partial charge in [0.05, 0.1) is 31.9 Å². The fourth-order valence-electron chi connectivity index (χ4n) is 2.87. The lowest BCUT2D eigenvalue weighted by Crippen LogP contribution is -2.36. The van der Waals surface area contributed by atoms with Gasteiger partial charge in [-0.25, -0.2) is 4.79 Å². The van der Waals surface area contributed by atoms with Crippen LogP contribution < -0.4 is 16.0 Å². The summed E-state index contributed by atoms with van der Waals surface area (Å²) in [6, 6.07) is 0.488. The smallest absolute Gasteiger partial charge is 0.315 e. The van der Waals surface area contributed by atoms with Crippen LogP contribution in [0.1, 0.15) is 25.7 Å². The standard InChI is InChI=1S/C15H27N3O4S/c1-21-8-9-22-7-6-16-13(19)5-3-2-4-12-14-11(10-23-12)17-15(20)18-14/h11-12,14H,2-10H2,1H3,(H,16,19)(H2,17,18,20). The van der Waals surface area contributed by atoms with Gasteiger partial charge < -0.3 is 25.4 Å². The Labute approximate surface area is 141 Å². The van der Waals surface area contributed by atoms with E-state index in [0.29, 0.717) is 38.0 Å². The summed E-state index contributed by atoms with van der Waals surface area (Å²) in [6.45, 7) is 2.19. The fraction of sp³-hybridized carbons (Fsp3) is 0.867. The summed E-state index contributed by atoms with van der Waals surface area (Å²) >= 11 is 1.91. The highest BCUT2D eigenvalue weighted by Gasteiger charge is 2.42. The number of unbranched alkanes of at least 4 members (excludes halogenated alkanes) is 1. The Balaban J connectivity index is 1.46. The summed E-state index contributed by atoms with van der Waals surface area (Å²) < 4.78 is 10.2. The maximum absolute atomic E-state index is 11.7. The van der Waals surface area contributed by atoms with Crippen molar-refractivity contribution in [2.45, 2.75) is 43.0 Å². The molecule has 3 N–H and O–H groups in total. The van der Waals surface area contributed by atoms with E-state index in [1.165, 1.54) is 0 Å². The largest absolute Gasteiger partial charge is 0.382 e. The van der Waals surface area contributed by atoms with Crippen LogP contribution >= 0.6 is 11.8 Å². The maximum Gasteiger partial charge on any atom is 0.315 e. The third kappa shape index (κ3) is 6.19. The summed E-state index contributed by atoms with van der Waals surface area (Å²) in [6.07, 6.45) is 3.48. The molecule has 0 aliphatic carbocycles. The van der Waals surface area contributed by atoms with E-state index >= 15 is 0 Å². The molecule has 0 aromatic carbocycles. The predicted octanol–water partition coefficient (Wildman–Crippen LogP) is 0.491. The van der Waals surface area contributed by atoms with Gasteiger partial charge in [0.25, 0.3) is 0 Å². The second-order valence-electron chi connectivity index (χ2n) is 5.82. The van der Waals surface area contributed by atoms with Crippen molar-refractivity contribution in [1.29, 1.82) is 0 Å². The average Bonchev–Trinajstić information content (AvgIpc) is 3.07. The molecule has 2 rings (SSSR count). The number of ether oxygens (including phenoxy) is 2. The molecule has 3 unspecified atom stereocenters. The van der Waals surface area contributed by atoms with Crippen molar-refractivity contribution in [2.24, 2.45) is 0 Å². The van der Waals surface area contributed by atoms with E-state index in [0.717, 1.165) is 25.0 Å². The number of rotatable bonds is 11. The van der Waals surface area contributed by atoms with Crippen LogP contribution in [0.4, 0.5) is 4.79 Å². The molecule has 2 aliphatic heterocycles. The van der Waals surface area contributed by atoms with E-state index in [1.807, 2.05) is 11.8 Å². The molecule has 3 amide bonds. The van der Waals surface area contributed by atoms with Gasteiger partial charge in [0.1, 0.15) is 0 Å². The third-order valence-electron chi connectivity index (χ3n) is 4.08. The molecule has 8 heteroatoms. The molecule has 23 heavy (non-hydrogen) atoms. The van der Waals surface area contributed by atoms with Gasteiger partial charge in [-0.05, 0) is 12.8 Å². The fourth-order valence-corrected chi connectivity index (χ4v) is 4.41. The Morgan fingerprint density at radius 3 is 3.00 bits per heavy atom. The van der Waals surface area contributed by atoms with Crippen LogP contribution in [0, 0.1) is 0 Å². The summed E-state index contributed by atoms with van der Waals surface area (Å²) in [5, 5.41) is 9.26. The maximum atomic E-state index is 11.7. The van der Waals surface area contributed by atoms with Gasteiger partial charge in [0, 0.05) is 31.1 Å². The SMILES string of the molecule is COCCOCCNC(=O)CCCCC1SCC2NC(=O)NC21. The summed E-state index contributed by atoms with van der Waals surface area (Å²) in [5.41, 5.74) is 0. The zero-order chi connectivity index (χ0) is 16.5. The van der Waals surface area contributed by atoms with E-state index in [2.05, 4.69) is 16.0 Å². The number of nitrogens with one attached hydrogen (secondary N) is 3. The normalized spacial score (nSPS) is 25.8. The van der Waals surface area contributed by atoms with Gasteiger partial charge in [0.2, 0.25) is 5.91 Å². The minimum Gasteiger partial charge on any atom is -0.382 e. The second kappa shape index (κ2) is 10.00. The van der Waals surface area contributed by atoms with E-state index in [1.54, 1.807) is 7.11 Å². The minimum absolute atomic E-state index is 0.0441. The lowest BCUT2D eigenvalue weighted by atomic mass is 10.0. The first-order valence-electron chi connectivity index (χ1n) is 8.22. The first-order valence-corrected chi connectivity index (χ1v) is 9.27. The van der Waals surface area contributed by atoms with Crippen LogP contribution in [-0.4, -0.2) is 68.5 Å². The van der Waals surface area contributed by atoms with Crippen LogP contribution in [0.15, 0.2) is 0 Å². The summed E-state index contributed by atoms with van der Waals surface area (Å²) in [4.78, 5) is 23.0. The molecule has 2 heterocycles. The Morgan fingerprint density at radius 1 is 1.30 bits per heavy atom. The first-order chi connectivity index (χ1) is 11.2. The number of carbonyl (C=O) groups excluding carboxylic acids is 2. The Morgan fingerprint density at radius 2 is 2.17 bits per heavy atom. The summed E-state index contributed by atoms with van der Waals surface area (Å²) in [7, 11) is 1.63. The molecule has 132 valence electrons. The Hall–Kier alpha value is -0.990. The van der Waals surface area contributed by atoms with Gasteiger partial charge in [-0.15, -0.1) is 0 Å². The van der Waals surface area contributed by atoms with Crippen molar-refractivity contribution in [1.82, 2.24) is 16.0 Å². The highest BCUT2D eigenvalue weighted by molar-refractivity contribution is 8.00. The van der Waals surface area contributed by atoms with Gasteiger partial charge in [-0.2, -0.15) is 11.8 Å². The van der Waals surface area contributed by atoms with Crippen molar-refractivity contribution >= 4 is 23.7 Å². The van der Waals surface area contributed by atoms with Gasteiger partial charge >= 0.3 is 6.03 Å². The molecule has 0 spiro atoms. The van der Waals surface area contributed by atoms with Crippen LogP contribution in [0.3, 0.4) is 0 Å². The van der Waals surface area contributed by atoms with Crippen molar-refractivity contribution < 1.29 is 19.1 Å². The molecule has 2 aliphatic rings. The number of carbonyl (C=O) groups is 2. The molecule has 0 bridgehead atoms. The second-order valence-corrected chi connectivity index (χ2v) is 7.09. The van der Waals surface area contributed by atoms with Crippen LogP contribution in [-0.2, 0) is 14.3 Å². The van der Waals surface area contributed by atoms with Crippen molar-refractivity contribution in [3.05, 3.63) is 0 Å². The van der Waals surface area contributed by atoms with Gasteiger partial charge in [0.15, 0.2) is 0 Å². The Kier molecular flexibility index (Phi) is 7.98. The quantitative estimate of drug-likeness (QED) is 0.375. The van der Waals surface area contributed by atoms with Crippen LogP contribution in [0.2, 0.25) is 0 Å². The number of hydrogen-bond acceptors (Lipinski definition) is 5. The topological polar surface area (TPSA) is 88.7 Å². The average molecular weight is 345 g/mol. The molecule has 0 aromatic heterocycles. The molecule has 0 aromatic rings. The van der Waals surface area contributed by atoms with Crippen molar-refractivity contribution in [2.75, 3.05) is 39.2 Å². The van der Waals surface area contributed by atoms with Gasteiger partial charge in [-0.3, -0.25) is 4.79 Å². The molecule has 2 saturated heterocycles. The summed E-state index contributed by atoms with van der Waals surface area (Å²) in [5.74, 6) is 1.06. The highest BCUT2D eigenvalue weighted by Crippen LogP contribution is 2.33. The Bertz CT molecular complexity index is 397. The molecule has 7 nitrogen and oxygen atoms in total. The van der Waals surface area contributed by atoms with E-state index < -0.39 is 0 Å². The molecular weight excluding hydrogens is 318 g/mol. The number of thioether (sulfide) groups is 1. The van der Waals surface area contributed by atoms with Crippen molar-refractivity contribution in [3.8, 4) is 0 Å². The number of amides is 3. The number of methoxy groups -OCH3 is 1. The van der Waals surface area contributed by atoms with Crippen LogP contribution in [0.25, 0.3) is 0 Å². The highest BCUT2D eigenvalue weighted by atomic mass is 32.2. The van der Waals surface area contributed by atoms with Crippen molar-refractivity contribution in [3.63, 3.8) is 0 Å². The monoisotopic (exact) mass is 345 g/mol. The molecule has 0 saturated carbocycles. The zero-order valence-corrected chi connectivity index (χ0v) is 14.5. The minimum atomic E-state index is -0.0441. The molecule has 3 atom stereocenters. The molecular formula is C15H27N3O4S.